The highest BCUT2D eigenvalue weighted by Crippen LogP contribution is 2.40. The summed E-state index contributed by atoms with van der Waals surface area (Å²) in [5.74, 6) is 1.97. The largest absolute Gasteiger partial charge is 0.208 e. The highest BCUT2D eigenvalue weighted by atomic mass is 32.1. The van der Waals surface area contributed by atoms with Crippen LogP contribution in [0.4, 0.5) is 0 Å². The minimum atomic E-state index is 0.650. The number of rotatable bonds is 4. The summed E-state index contributed by atoms with van der Waals surface area (Å²) in [6.07, 6.45) is 0. The van der Waals surface area contributed by atoms with E-state index in [1.165, 1.54) is 41.9 Å². The lowest BCUT2D eigenvalue weighted by Gasteiger charge is -2.14. The Balaban J connectivity index is 1.15. The van der Waals surface area contributed by atoms with Crippen molar-refractivity contribution in [1.82, 2.24) is 15.0 Å². The molecule has 10 aromatic rings. The number of benzene rings is 8. The summed E-state index contributed by atoms with van der Waals surface area (Å²) in [7, 11) is 0. The zero-order valence-electron chi connectivity index (χ0n) is 26.3. The normalized spacial score (nSPS) is 11.7. The molecule has 0 bridgehead atoms. The third kappa shape index (κ3) is 4.68. The summed E-state index contributed by atoms with van der Waals surface area (Å²) in [6, 6.07) is 58.0. The quantitative estimate of drug-likeness (QED) is 0.142. The first-order valence-electron chi connectivity index (χ1n) is 16.4. The van der Waals surface area contributed by atoms with Gasteiger partial charge in [0.05, 0.1) is 0 Å². The van der Waals surface area contributed by atoms with Crippen molar-refractivity contribution in [2.75, 3.05) is 0 Å². The molecule has 0 saturated carbocycles. The number of hydrogen-bond acceptors (Lipinski definition) is 4. The summed E-state index contributed by atoms with van der Waals surface area (Å²) >= 11 is 1.84. The summed E-state index contributed by atoms with van der Waals surface area (Å²) in [5, 5.41) is 9.64. The third-order valence-corrected chi connectivity index (χ3v) is 10.6. The van der Waals surface area contributed by atoms with Gasteiger partial charge < -0.3 is 0 Å². The highest BCUT2D eigenvalue weighted by Gasteiger charge is 2.18. The van der Waals surface area contributed by atoms with Gasteiger partial charge in [-0.25, -0.2) is 15.0 Å². The van der Waals surface area contributed by atoms with Gasteiger partial charge in [-0.1, -0.05) is 146 Å². The van der Waals surface area contributed by atoms with Crippen molar-refractivity contribution in [2.45, 2.75) is 0 Å². The number of hydrogen-bond donors (Lipinski definition) is 0. The maximum absolute atomic E-state index is 5.23. The van der Waals surface area contributed by atoms with Crippen LogP contribution in [-0.2, 0) is 0 Å². The Hall–Kier alpha value is -6.23. The lowest BCUT2D eigenvalue weighted by Crippen LogP contribution is -2.01. The molecule has 0 spiro atoms. The van der Waals surface area contributed by atoms with Crippen molar-refractivity contribution in [1.29, 1.82) is 0 Å². The second-order valence-corrected chi connectivity index (χ2v) is 13.5. The smallest absolute Gasteiger partial charge is 0.165 e. The maximum atomic E-state index is 5.23. The van der Waals surface area contributed by atoms with Crippen molar-refractivity contribution in [2.24, 2.45) is 0 Å². The van der Waals surface area contributed by atoms with Crippen molar-refractivity contribution in [3.05, 3.63) is 164 Å². The van der Waals surface area contributed by atoms with E-state index < -0.39 is 0 Å². The Morgan fingerprint density at radius 3 is 1.69 bits per heavy atom. The fraction of sp³-hybridized carbons (Fsp3) is 0. The maximum Gasteiger partial charge on any atom is 0.165 e. The fourth-order valence-corrected chi connectivity index (χ4v) is 8.26. The third-order valence-electron chi connectivity index (χ3n) is 9.52. The van der Waals surface area contributed by atoms with E-state index >= 15 is 0 Å². The predicted molar refractivity (Wildman–Crippen MR) is 207 cm³/mol. The van der Waals surface area contributed by atoms with E-state index in [1.807, 2.05) is 29.5 Å². The van der Waals surface area contributed by atoms with Gasteiger partial charge >= 0.3 is 0 Å². The zero-order valence-corrected chi connectivity index (χ0v) is 27.2. The molecule has 8 aromatic carbocycles. The van der Waals surface area contributed by atoms with Gasteiger partial charge in [-0.15, -0.1) is 11.3 Å². The molecule has 0 radical (unpaired) electrons. The van der Waals surface area contributed by atoms with Crippen molar-refractivity contribution < 1.29 is 0 Å². The minimum Gasteiger partial charge on any atom is -0.208 e. The van der Waals surface area contributed by atoms with Crippen LogP contribution in [0.3, 0.4) is 0 Å². The van der Waals surface area contributed by atoms with Crippen LogP contribution >= 0.6 is 11.3 Å². The first-order valence-corrected chi connectivity index (χ1v) is 17.3. The Bertz CT molecular complexity index is 2870. The molecule has 0 amide bonds. The molecule has 2 heterocycles. The molecule has 2 aromatic heterocycles. The molecule has 4 heteroatoms. The molecular formula is C45H27N3S. The molecule has 0 aliphatic heterocycles. The van der Waals surface area contributed by atoms with Crippen LogP contribution in [-0.4, -0.2) is 15.0 Å². The first-order chi connectivity index (χ1) is 24.3. The summed E-state index contributed by atoms with van der Waals surface area (Å²) in [4.78, 5) is 15.5. The molecule has 0 saturated heterocycles. The van der Waals surface area contributed by atoms with Gasteiger partial charge in [0.25, 0.3) is 0 Å². The highest BCUT2D eigenvalue weighted by molar-refractivity contribution is 7.25. The molecule has 49 heavy (non-hydrogen) atoms. The number of thiophene rings is 1. The molecule has 0 N–H and O–H groups in total. The van der Waals surface area contributed by atoms with Crippen LogP contribution in [0.1, 0.15) is 0 Å². The zero-order chi connectivity index (χ0) is 32.3. The lowest BCUT2D eigenvalue weighted by molar-refractivity contribution is 1.08. The average Bonchev–Trinajstić information content (AvgIpc) is 3.55. The van der Waals surface area contributed by atoms with Crippen LogP contribution < -0.4 is 0 Å². The van der Waals surface area contributed by atoms with E-state index in [4.69, 9.17) is 15.0 Å². The van der Waals surface area contributed by atoms with E-state index in [1.54, 1.807) is 0 Å². The van der Waals surface area contributed by atoms with E-state index in [0.29, 0.717) is 17.5 Å². The fourth-order valence-electron chi connectivity index (χ4n) is 7.11. The SMILES string of the molecule is c1ccc(-c2nc(-c3ccc(-c4ccc5c(c4)sc4ccccc45)cc3)nc(-c3c4ccccc4cc4c3ccc3ccccc34)n2)cc1. The summed E-state index contributed by atoms with van der Waals surface area (Å²) in [5.41, 5.74) is 5.28. The van der Waals surface area contributed by atoms with Gasteiger partial charge in [0.2, 0.25) is 0 Å². The average molecular weight is 642 g/mol. The summed E-state index contributed by atoms with van der Waals surface area (Å²) in [6.45, 7) is 0. The molecule has 0 aliphatic rings. The van der Waals surface area contributed by atoms with E-state index in [2.05, 4.69) is 146 Å². The van der Waals surface area contributed by atoms with Gasteiger partial charge in [0.15, 0.2) is 17.5 Å². The molecule has 0 fully saturated rings. The van der Waals surface area contributed by atoms with Crippen molar-refractivity contribution in [3.63, 3.8) is 0 Å². The number of aromatic nitrogens is 3. The Labute approximate surface area is 286 Å². The second kappa shape index (κ2) is 11.2. The van der Waals surface area contributed by atoms with Crippen molar-refractivity contribution in [3.8, 4) is 45.3 Å². The van der Waals surface area contributed by atoms with E-state index in [-0.39, 0.29) is 0 Å². The van der Waals surface area contributed by atoms with Gasteiger partial charge in [-0.05, 0) is 61.6 Å². The van der Waals surface area contributed by atoms with Gasteiger partial charge in [-0.3, -0.25) is 0 Å². The van der Waals surface area contributed by atoms with Crippen LogP contribution in [0.2, 0.25) is 0 Å². The van der Waals surface area contributed by atoms with Gasteiger partial charge in [-0.2, -0.15) is 0 Å². The molecule has 10 rings (SSSR count). The molecule has 0 aliphatic carbocycles. The predicted octanol–water partition coefficient (Wildman–Crippen LogP) is 12.4. The standard InChI is InChI=1S/C45H27N3S/c1-2-11-30(12-3-1)43-46-44(31-20-18-28(19-21-31)32-23-24-37-36-16-8-9-17-40(36)49-41(37)27-32)48-45(47-43)42-35-15-7-5-13-33(35)26-39-34-14-6-4-10-29(34)22-25-38(39)42/h1-27H. The first kappa shape index (κ1) is 27.8. The second-order valence-electron chi connectivity index (χ2n) is 12.4. The molecule has 0 unspecified atom stereocenters. The van der Waals surface area contributed by atoms with Crippen LogP contribution in [0, 0.1) is 0 Å². The topological polar surface area (TPSA) is 38.7 Å². The lowest BCUT2D eigenvalue weighted by atomic mass is 9.93. The Kier molecular flexibility index (Phi) is 6.36. The van der Waals surface area contributed by atoms with Crippen molar-refractivity contribution >= 4 is 63.8 Å². The molecule has 228 valence electrons. The molecule has 3 nitrogen and oxygen atoms in total. The van der Waals surface area contributed by atoms with Gasteiger partial charge in [0, 0.05) is 36.9 Å². The number of fused-ring (bicyclic) bond motifs is 7. The van der Waals surface area contributed by atoms with Gasteiger partial charge in [0.1, 0.15) is 0 Å². The Morgan fingerprint density at radius 2 is 0.878 bits per heavy atom. The minimum absolute atomic E-state index is 0.650. The summed E-state index contributed by atoms with van der Waals surface area (Å²) < 4.78 is 2.62. The van der Waals surface area contributed by atoms with Crippen LogP contribution in [0.5, 0.6) is 0 Å². The Morgan fingerprint density at radius 1 is 0.306 bits per heavy atom. The molecular weight excluding hydrogens is 615 g/mol. The molecule has 0 atom stereocenters. The van der Waals surface area contributed by atoms with E-state index in [9.17, 15) is 0 Å². The van der Waals surface area contributed by atoms with E-state index in [0.717, 1.165) is 38.4 Å². The van der Waals surface area contributed by atoms with Crippen LogP contribution in [0.25, 0.3) is 97.8 Å². The number of nitrogens with zero attached hydrogens (tertiary/aromatic N) is 3. The van der Waals surface area contributed by atoms with Crippen LogP contribution in [0.15, 0.2) is 164 Å². The monoisotopic (exact) mass is 641 g/mol.